The number of hydrogen-bond donors (Lipinski definition) is 2. The molecule has 1 unspecified atom stereocenters. The van der Waals surface area contributed by atoms with Crippen molar-refractivity contribution in [1.29, 1.82) is 0 Å². The number of hydrogen-bond acceptors (Lipinski definition) is 2. The monoisotopic (exact) mass is 388 g/mol. The second-order valence-electron chi connectivity index (χ2n) is 6.15. The minimum Gasteiger partial charge on any atom is -0.497 e. The third-order valence-corrected chi connectivity index (χ3v) is 4.78. The molecule has 24 heavy (non-hydrogen) atoms. The Morgan fingerprint density at radius 2 is 1.92 bits per heavy atom. The fraction of sp³-hybridized carbons (Fsp3) is 0.316. The second kappa shape index (κ2) is 7.26. The Kier molecular flexibility index (Phi) is 5.09. The van der Waals surface area contributed by atoms with Gasteiger partial charge < -0.3 is 15.4 Å². The molecule has 1 aliphatic carbocycles. The summed E-state index contributed by atoms with van der Waals surface area (Å²) in [6, 6.07) is 13.6. The lowest BCUT2D eigenvalue weighted by Gasteiger charge is -2.20. The molecule has 1 atom stereocenters. The van der Waals surface area contributed by atoms with E-state index in [1.54, 1.807) is 7.11 Å². The van der Waals surface area contributed by atoms with Gasteiger partial charge in [-0.05, 0) is 67.1 Å². The van der Waals surface area contributed by atoms with E-state index >= 15 is 0 Å². The van der Waals surface area contributed by atoms with E-state index in [0.717, 1.165) is 39.9 Å². The van der Waals surface area contributed by atoms with Gasteiger partial charge in [0.05, 0.1) is 13.2 Å². The summed E-state index contributed by atoms with van der Waals surface area (Å²) < 4.78 is 6.20. The summed E-state index contributed by atoms with van der Waals surface area (Å²) in [4.78, 5) is 12.4. The largest absolute Gasteiger partial charge is 0.497 e. The van der Waals surface area contributed by atoms with Crippen LogP contribution in [0.1, 0.15) is 30.0 Å². The maximum absolute atomic E-state index is 12.4. The molecule has 2 amide bonds. The van der Waals surface area contributed by atoms with Crippen molar-refractivity contribution in [3.63, 3.8) is 0 Å². The Balaban J connectivity index is 1.69. The van der Waals surface area contributed by atoms with Crippen LogP contribution < -0.4 is 15.4 Å². The van der Waals surface area contributed by atoms with E-state index in [0.29, 0.717) is 5.92 Å². The summed E-state index contributed by atoms with van der Waals surface area (Å²) in [6.45, 7) is 1.97. The second-order valence-corrected chi connectivity index (χ2v) is 7.06. The van der Waals surface area contributed by atoms with Crippen LogP contribution in [-0.4, -0.2) is 13.1 Å². The number of aryl methyl sites for hydroxylation is 1. The normalized spacial score (nSPS) is 14.8. The molecule has 3 rings (SSSR count). The van der Waals surface area contributed by atoms with Gasteiger partial charge in [0.15, 0.2) is 0 Å². The van der Waals surface area contributed by atoms with Crippen molar-refractivity contribution >= 4 is 27.6 Å². The number of methoxy groups -OCH3 is 1. The van der Waals surface area contributed by atoms with Crippen LogP contribution in [0.3, 0.4) is 0 Å². The average molecular weight is 389 g/mol. The van der Waals surface area contributed by atoms with Crippen molar-refractivity contribution in [2.75, 3.05) is 12.4 Å². The Morgan fingerprint density at radius 1 is 1.21 bits per heavy atom. The van der Waals surface area contributed by atoms with Gasteiger partial charge in [0, 0.05) is 10.2 Å². The highest BCUT2D eigenvalue weighted by Gasteiger charge is 2.33. The van der Waals surface area contributed by atoms with Crippen molar-refractivity contribution < 1.29 is 9.53 Å². The number of halogens is 1. The molecule has 0 spiro atoms. The van der Waals surface area contributed by atoms with E-state index < -0.39 is 0 Å². The molecule has 5 heteroatoms. The van der Waals surface area contributed by atoms with Crippen LogP contribution in [-0.2, 0) is 0 Å². The lowest BCUT2D eigenvalue weighted by molar-refractivity contribution is 0.247. The number of nitrogens with one attached hydrogen (secondary N) is 2. The average Bonchev–Trinajstić information content (AvgIpc) is 3.40. The number of carbonyl (C=O) groups is 1. The van der Waals surface area contributed by atoms with Crippen molar-refractivity contribution in [2.24, 2.45) is 5.92 Å². The predicted octanol–water partition coefficient (Wildman–Crippen LogP) is 5.04. The number of benzene rings is 2. The molecule has 0 saturated heterocycles. The maximum atomic E-state index is 12.4. The number of rotatable bonds is 5. The number of amides is 2. The van der Waals surface area contributed by atoms with Gasteiger partial charge in [-0.15, -0.1) is 0 Å². The summed E-state index contributed by atoms with van der Waals surface area (Å²) in [7, 11) is 1.65. The number of anilines is 1. The summed E-state index contributed by atoms with van der Waals surface area (Å²) in [5.41, 5.74) is 2.95. The highest BCUT2D eigenvalue weighted by molar-refractivity contribution is 9.10. The standard InChI is InChI=1S/C19H21BrN2O2/c1-12-11-15(20)7-10-17(12)21-19(23)22-18(13-3-4-13)14-5-8-16(24-2)9-6-14/h5-11,13,18H,3-4H2,1-2H3,(H2,21,22,23). The molecule has 1 aliphatic rings. The van der Waals surface area contributed by atoms with E-state index in [9.17, 15) is 4.79 Å². The number of urea groups is 1. The first-order valence-corrected chi connectivity index (χ1v) is 8.84. The Bertz CT molecular complexity index is 727. The molecule has 0 aliphatic heterocycles. The maximum Gasteiger partial charge on any atom is 0.319 e. The smallest absolute Gasteiger partial charge is 0.319 e. The van der Waals surface area contributed by atoms with Crippen molar-refractivity contribution in [3.05, 3.63) is 58.1 Å². The Morgan fingerprint density at radius 3 is 2.50 bits per heavy atom. The molecular formula is C19H21BrN2O2. The van der Waals surface area contributed by atoms with E-state index in [1.807, 2.05) is 49.4 Å². The van der Waals surface area contributed by atoms with E-state index in [1.165, 1.54) is 0 Å². The van der Waals surface area contributed by atoms with Gasteiger partial charge in [0.2, 0.25) is 0 Å². The zero-order valence-corrected chi connectivity index (χ0v) is 15.4. The molecule has 4 nitrogen and oxygen atoms in total. The van der Waals surface area contributed by atoms with Gasteiger partial charge in [-0.2, -0.15) is 0 Å². The van der Waals surface area contributed by atoms with Crippen LogP contribution in [0.5, 0.6) is 5.75 Å². The highest BCUT2D eigenvalue weighted by Crippen LogP contribution is 2.41. The van der Waals surface area contributed by atoms with Crippen LogP contribution in [0.4, 0.5) is 10.5 Å². The Hall–Kier alpha value is -2.01. The van der Waals surface area contributed by atoms with Crippen LogP contribution >= 0.6 is 15.9 Å². The molecular weight excluding hydrogens is 368 g/mol. The summed E-state index contributed by atoms with van der Waals surface area (Å²) in [5, 5.41) is 6.07. The predicted molar refractivity (Wildman–Crippen MR) is 99.5 cm³/mol. The lowest BCUT2D eigenvalue weighted by atomic mass is 10.0. The highest BCUT2D eigenvalue weighted by atomic mass is 79.9. The number of carbonyl (C=O) groups excluding carboxylic acids is 1. The topological polar surface area (TPSA) is 50.4 Å². The first-order valence-electron chi connectivity index (χ1n) is 8.04. The third kappa shape index (κ3) is 4.09. The molecule has 1 saturated carbocycles. The van der Waals surface area contributed by atoms with E-state index in [4.69, 9.17) is 4.74 Å². The molecule has 0 aromatic heterocycles. The zero-order valence-electron chi connectivity index (χ0n) is 13.8. The molecule has 126 valence electrons. The van der Waals surface area contributed by atoms with Gasteiger partial charge >= 0.3 is 6.03 Å². The van der Waals surface area contributed by atoms with Gasteiger partial charge in [0.25, 0.3) is 0 Å². The molecule has 0 heterocycles. The first kappa shape index (κ1) is 16.8. The molecule has 2 N–H and O–H groups in total. The van der Waals surface area contributed by atoms with Crippen molar-refractivity contribution in [2.45, 2.75) is 25.8 Å². The first-order chi connectivity index (χ1) is 11.6. The van der Waals surface area contributed by atoms with Crippen LogP contribution in [0.25, 0.3) is 0 Å². The zero-order chi connectivity index (χ0) is 17.1. The molecule has 1 fully saturated rings. The minimum absolute atomic E-state index is 0.0339. The van der Waals surface area contributed by atoms with Gasteiger partial charge in [0.1, 0.15) is 5.75 Å². The number of ether oxygens (including phenoxy) is 1. The van der Waals surface area contributed by atoms with Crippen molar-refractivity contribution in [1.82, 2.24) is 5.32 Å². The van der Waals surface area contributed by atoms with E-state index in [-0.39, 0.29) is 12.1 Å². The van der Waals surface area contributed by atoms with Gasteiger partial charge in [-0.1, -0.05) is 28.1 Å². The summed E-state index contributed by atoms with van der Waals surface area (Å²) in [6.07, 6.45) is 2.29. The molecule has 0 radical (unpaired) electrons. The third-order valence-electron chi connectivity index (χ3n) is 4.29. The van der Waals surface area contributed by atoms with Gasteiger partial charge in [-0.3, -0.25) is 0 Å². The molecule has 2 aromatic rings. The van der Waals surface area contributed by atoms with Crippen LogP contribution in [0.2, 0.25) is 0 Å². The van der Waals surface area contributed by atoms with Crippen LogP contribution in [0.15, 0.2) is 46.9 Å². The minimum atomic E-state index is -0.173. The van der Waals surface area contributed by atoms with E-state index in [2.05, 4.69) is 26.6 Å². The molecule has 0 bridgehead atoms. The Labute approximate surface area is 150 Å². The SMILES string of the molecule is COc1ccc(C(NC(=O)Nc2ccc(Br)cc2C)C2CC2)cc1. The summed E-state index contributed by atoms with van der Waals surface area (Å²) >= 11 is 3.43. The quantitative estimate of drug-likeness (QED) is 0.753. The fourth-order valence-electron chi connectivity index (χ4n) is 2.78. The van der Waals surface area contributed by atoms with Crippen molar-refractivity contribution in [3.8, 4) is 5.75 Å². The molecule has 2 aromatic carbocycles. The van der Waals surface area contributed by atoms with Gasteiger partial charge in [-0.25, -0.2) is 4.79 Å². The van der Waals surface area contributed by atoms with Crippen LogP contribution in [0, 0.1) is 12.8 Å². The fourth-order valence-corrected chi connectivity index (χ4v) is 3.26. The summed E-state index contributed by atoms with van der Waals surface area (Å²) in [5.74, 6) is 1.33. The lowest BCUT2D eigenvalue weighted by Crippen LogP contribution is -2.33.